The molecule has 6 atom stereocenters. The summed E-state index contributed by atoms with van der Waals surface area (Å²) in [5, 5.41) is 5.60. The minimum Gasteiger partial charge on any atom is -0.0839 e. The van der Waals surface area contributed by atoms with Gasteiger partial charge in [0.1, 0.15) is 0 Å². The van der Waals surface area contributed by atoms with Crippen molar-refractivity contribution in [2.45, 2.75) is 51.4 Å². The minimum absolute atomic E-state index is 0.238. The monoisotopic (exact) mass is 946 g/mol. The zero-order valence-corrected chi connectivity index (χ0v) is 41.9. The van der Waals surface area contributed by atoms with Crippen LogP contribution in [0.3, 0.4) is 0 Å². The Kier molecular flexibility index (Phi) is 9.73. The fourth-order valence-corrected chi connectivity index (χ4v) is 15.6. The molecule has 0 bridgehead atoms. The van der Waals surface area contributed by atoms with Crippen molar-refractivity contribution in [3.63, 3.8) is 0 Å². The van der Waals surface area contributed by atoms with E-state index in [9.17, 15) is 0 Å². The molecule has 0 fully saturated rings. The Morgan fingerprint density at radius 3 is 1.99 bits per heavy atom. The topological polar surface area (TPSA) is 0 Å². The van der Waals surface area contributed by atoms with Crippen molar-refractivity contribution in [1.29, 1.82) is 0 Å². The van der Waals surface area contributed by atoms with Gasteiger partial charge in [-0.05, 0) is 190 Å². The van der Waals surface area contributed by atoms with Gasteiger partial charge in [-0.3, -0.25) is 0 Å². The fraction of sp³-hybridized carbons (Fsp3) is 0.189. The predicted molar refractivity (Wildman–Crippen MR) is 312 cm³/mol. The standard InChI is InChI=1S/C74H58/c1-5-19-45(20-6-1)53-28-15-16-29-54(53)50-38-40-57-63(41-50)59-32-18-33-60-70(59)64(57)44-66-68(48-24-9-3-10-25-48)73-61-34-17-31-58-62-43-52(67-55-30-14-13-23-47(55)37-39-56(67)46-21-7-2-8-22-46)36-35-51(62)42-65(71(58)61)74(73)69(72(60)66)49-26-11-4-12-27-49/h1-15,17-19,21,23-28,30-34,37,39,41-47,55,58,71H,16,20,22,29,35-36,38,40H2. The highest BCUT2D eigenvalue weighted by molar-refractivity contribution is 6.30. The van der Waals surface area contributed by atoms with Gasteiger partial charge in [-0.1, -0.05) is 213 Å². The van der Waals surface area contributed by atoms with Crippen LogP contribution in [-0.4, -0.2) is 0 Å². The number of rotatable bonds is 6. The van der Waals surface area contributed by atoms with Gasteiger partial charge in [0.25, 0.3) is 0 Å². The minimum atomic E-state index is 0.238. The number of benzene rings is 5. The normalized spacial score (nSPS) is 26.4. The number of hydrogen-bond acceptors (Lipinski definition) is 0. The molecule has 0 saturated heterocycles. The summed E-state index contributed by atoms with van der Waals surface area (Å²) in [6, 6.07) is 32.9. The molecule has 0 aromatic heterocycles. The van der Waals surface area contributed by atoms with Crippen molar-refractivity contribution in [2.24, 2.45) is 35.5 Å². The maximum Gasteiger partial charge on any atom is 0.0206 e. The van der Waals surface area contributed by atoms with E-state index in [2.05, 4.69) is 219 Å². The molecule has 0 aliphatic heterocycles. The van der Waals surface area contributed by atoms with Crippen LogP contribution in [0.1, 0.15) is 73.6 Å². The Labute approximate surface area is 436 Å². The average molecular weight is 947 g/mol. The smallest absolute Gasteiger partial charge is 0.0206 e. The predicted octanol–water partition coefficient (Wildman–Crippen LogP) is 19.0. The van der Waals surface area contributed by atoms with Crippen LogP contribution in [0.15, 0.2) is 263 Å². The number of allylic oxidation sites excluding steroid dienone is 34. The number of fused-ring (bicyclic) bond motifs is 9. The molecule has 11 aliphatic rings. The molecule has 0 N–H and O–H groups in total. The van der Waals surface area contributed by atoms with E-state index in [-0.39, 0.29) is 11.8 Å². The molecule has 0 heteroatoms. The molecule has 0 radical (unpaired) electrons. The van der Waals surface area contributed by atoms with E-state index in [0.717, 1.165) is 51.4 Å². The third-order valence-corrected chi connectivity index (χ3v) is 18.7. The van der Waals surface area contributed by atoms with Crippen molar-refractivity contribution in [3.8, 4) is 22.3 Å². The molecule has 0 heterocycles. The second kappa shape index (κ2) is 16.9. The first-order chi connectivity index (χ1) is 36.7. The Bertz CT molecular complexity index is 3920. The van der Waals surface area contributed by atoms with Crippen LogP contribution in [0.4, 0.5) is 0 Å². The van der Waals surface area contributed by atoms with E-state index in [1.165, 1.54) is 111 Å². The van der Waals surface area contributed by atoms with Crippen LogP contribution >= 0.6 is 0 Å². The quantitative estimate of drug-likeness (QED) is 0.149. The maximum atomic E-state index is 2.70. The van der Waals surface area contributed by atoms with Gasteiger partial charge in [0.2, 0.25) is 0 Å². The summed E-state index contributed by atoms with van der Waals surface area (Å²) in [4.78, 5) is 0. The summed E-state index contributed by atoms with van der Waals surface area (Å²) in [5.74, 6) is 2.14. The Morgan fingerprint density at radius 1 is 0.432 bits per heavy atom. The van der Waals surface area contributed by atoms with Gasteiger partial charge in [-0.2, -0.15) is 0 Å². The Balaban J connectivity index is 0.928. The molecule has 5 aromatic rings. The van der Waals surface area contributed by atoms with Crippen molar-refractivity contribution < 1.29 is 0 Å². The summed E-state index contributed by atoms with van der Waals surface area (Å²) in [6.45, 7) is 0. The number of hydrogen-bond donors (Lipinski definition) is 0. The van der Waals surface area contributed by atoms with Crippen LogP contribution in [0, 0.1) is 35.5 Å². The molecule has 0 spiro atoms. The second-order valence-electron chi connectivity index (χ2n) is 22.4. The Hall–Kier alpha value is -7.80. The molecule has 0 amide bonds. The lowest BCUT2D eigenvalue weighted by molar-refractivity contribution is 0.592. The van der Waals surface area contributed by atoms with Crippen molar-refractivity contribution in [1.82, 2.24) is 0 Å². The average Bonchev–Trinajstić information content (AvgIpc) is 4.02. The molecular formula is C74H58. The summed E-state index contributed by atoms with van der Waals surface area (Å²) in [7, 11) is 0. The first kappa shape index (κ1) is 42.7. The zero-order valence-electron chi connectivity index (χ0n) is 41.9. The maximum absolute atomic E-state index is 2.70. The van der Waals surface area contributed by atoms with Gasteiger partial charge in [0.05, 0.1) is 0 Å². The van der Waals surface area contributed by atoms with E-state index in [1.807, 2.05) is 0 Å². The summed E-state index contributed by atoms with van der Waals surface area (Å²) < 4.78 is 0. The van der Waals surface area contributed by atoms with Crippen LogP contribution in [0.2, 0.25) is 0 Å². The van der Waals surface area contributed by atoms with Crippen molar-refractivity contribution in [3.05, 3.63) is 285 Å². The summed E-state index contributed by atoms with van der Waals surface area (Å²) in [6.07, 6.45) is 61.9. The van der Waals surface area contributed by atoms with E-state index >= 15 is 0 Å². The molecule has 6 unspecified atom stereocenters. The lowest BCUT2D eigenvalue weighted by Gasteiger charge is -2.38. The first-order valence-corrected chi connectivity index (χ1v) is 27.8. The molecule has 16 rings (SSSR count). The van der Waals surface area contributed by atoms with Crippen LogP contribution in [0.25, 0.3) is 66.1 Å². The molecule has 0 saturated carbocycles. The van der Waals surface area contributed by atoms with Crippen molar-refractivity contribution in [2.75, 3.05) is 0 Å². The van der Waals surface area contributed by atoms with Gasteiger partial charge in [-0.25, -0.2) is 0 Å². The lowest BCUT2D eigenvalue weighted by Crippen LogP contribution is -2.25. The largest absolute Gasteiger partial charge is 0.0839 e. The summed E-state index contributed by atoms with van der Waals surface area (Å²) in [5.41, 5.74) is 29.5. The van der Waals surface area contributed by atoms with Crippen LogP contribution in [0.5, 0.6) is 0 Å². The molecule has 5 aromatic carbocycles. The highest BCUT2D eigenvalue weighted by Gasteiger charge is 2.46. The molecule has 74 heavy (non-hydrogen) atoms. The van der Waals surface area contributed by atoms with E-state index in [4.69, 9.17) is 0 Å². The fourth-order valence-electron chi connectivity index (χ4n) is 15.6. The van der Waals surface area contributed by atoms with Crippen molar-refractivity contribution >= 4 is 43.8 Å². The van der Waals surface area contributed by atoms with Crippen LogP contribution < -0.4 is 0 Å². The van der Waals surface area contributed by atoms with Gasteiger partial charge in [0, 0.05) is 35.5 Å². The van der Waals surface area contributed by atoms with Gasteiger partial charge >= 0.3 is 0 Å². The highest BCUT2D eigenvalue weighted by atomic mass is 14.5. The van der Waals surface area contributed by atoms with Gasteiger partial charge < -0.3 is 0 Å². The van der Waals surface area contributed by atoms with E-state index in [0.29, 0.717) is 23.7 Å². The van der Waals surface area contributed by atoms with E-state index < -0.39 is 0 Å². The third kappa shape index (κ3) is 6.33. The zero-order chi connectivity index (χ0) is 48.4. The first-order valence-electron chi connectivity index (χ1n) is 27.8. The third-order valence-electron chi connectivity index (χ3n) is 18.7. The Morgan fingerprint density at radius 2 is 1.18 bits per heavy atom. The molecular weight excluding hydrogens is 889 g/mol. The molecule has 354 valence electrons. The van der Waals surface area contributed by atoms with Gasteiger partial charge in [0.15, 0.2) is 0 Å². The lowest BCUT2D eigenvalue weighted by atomic mass is 9.65. The van der Waals surface area contributed by atoms with Crippen LogP contribution in [-0.2, 0) is 0 Å². The SMILES string of the molecule is C1=CCC(C2=C(C3=CC4=C(CC3)c3cc5c(-c6ccccc6)c6c(c(-c7ccccc7)c5c5cccc4c35)C3=CC4=C(C=C(C5=C(C7C=CC=CC7)C=CC7C=CC=CC57)CC4)C4C=CC=C6C34)CCC=C2)C=C1. The van der Waals surface area contributed by atoms with E-state index in [1.54, 1.807) is 22.3 Å². The molecule has 0 nitrogen and oxygen atoms in total. The van der Waals surface area contributed by atoms with Gasteiger partial charge in [-0.15, -0.1) is 0 Å². The molecule has 11 aliphatic carbocycles. The summed E-state index contributed by atoms with van der Waals surface area (Å²) >= 11 is 0. The second-order valence-corrected chi connectivity index (χ2v) is 22.4. The highest BCUT2D eigenvalue weighted by Crippen LogP contribution is 2.64.